The zero-order valence-electron chi connectivity index (χ0n) is 9.45. The summed E-state index contributed by atoms with van der Waals surface area (Å²) in [6, 6.07) is 15.3. The second kappa shape index (κ2) is 5.90. The van der Waals surface area contributed by atoms with Crippen molar-refractivity contribution >= 4 is 33.2 Å². The predicted octanol–water partition coefficient (Wildman–Crippen LogP) is 4.59. The van der Waals surface area contributed by atoms with Crippen molar-refractivity contribution in [2.45, 2.75) is 6.54 Å². The number of halogens is 2. The lowest BCUT2D eigenvalue weighted by Crippen LogP contribution is -2.01. The summed E-state index contributed by atoms with van der Waals surface area (Å²) in [7, 11) is 0. The highest BCUT2D eigenvalue weighted by Gasteiger charge is 2.02. The van der Waals surface area contributed by atoms with Gasteiger partial charge in [-0.15, -0.1) is 0 Å². The quantitative estimate of drug-likeness (QED) is 0.897. The molecule has 0 aliphatic carbocycles. The Hall–Kier alpha value is -1.50. The summed E-state index contributed by atoms with van der Waals surface area (Å²) in [4.78, 5) is 0. The van der Waals surface area contributed by atoms with Gasteiger partial charge in [0.1, 0.15) is 6.07 Å². The molecule has 0 heterocycles. The van der Waals surface area contributed by atoms with E-state index in [1.165, 1.54) is 0 Å². The van der Waals surface area contributed by atoms with E-state index in [9.17, 15) is 0 Å². The summed E-state index contributed by atoms with van der Waals surface area (Å²) < 4.78 is 1.05. The third-order valence-electron chi connectivity index (χ3n) is 2.50. The van der Waals surface area contributed by atoms with Gasteiger partial charge in [0.15, 0.2) is 0 Å². The van der Waals surface area contributed by atoms with Crippen molar-refractivity contribution in [3.63, 3.8) is 0 Å². The summed E-state index contributed by atoms with van der Waals surface area (Å²) in [5.41, 5.74) is 2.49. The van der Waals surface area contributed by atoms with Crippen LogP contribution in [0.1, 0.15) is 11.1 Å². The number of nitrogens with one attached hydrogen (secondary N) is 1. The van der Waals surface area contributed by atoms with Crippen molar-refractivity contribution in [1.29, 1.82) is 5.26 Å². The number of nitrogens with zero attached hydrogens (tertiary/aromatic N) is 1. The SMILES string of the molecule is N#Cc1ccc(Cl)cc1NCc1ccc(Br)cc1. The second-order valence-corrected chi connectivity index (χ2v) is 5.13. The number of rotatable bonds is 3. The van der Waals surface area contributed by atoms with E-state index in [4.69, 9.17) is 16.9 Å². The third-order valence-corrected chi connectivity index (χ3v) is 3.26. The van der Waals surface area contributed by atoms with Crippen LogP contribution in [-0.4, -0.2) is 0 Å². The minimum atomic E-state index is 0.594. The Labute approximate surface area is 119 Å². The average molecular weight is 322 g/mol. The highest BCUT2D eigenvalue weighted by atomic mass is 79.9. The van der Waals surface area contributed by atoms with Crippen molar-refractivity contribution in [2.24, 2.45) is 0 Å². The van der Waals surface area contributed by atoms with Gasteiger partial charge < -0.3 is 5.32 Å². The molecule has 90 valence electrons. The van der Waals surface area contributed by atoms with Crippen molar-refractivity contribution in [1.82, 2.24) is 0 Å². The Bertz CT molecular complexity index is 588. The van der Waals surface area contributed by atoms with Crippen LogP contribution in [0.5, 0.6) is 0 Å². The van der Waals surface area contributed by atoms with E-state index in [0.29, 0.717) is 17.1 Å². The molecule has 0 aliphatic rings. The van der Waals surface area contributed by atoms with Gasteiger partial charge in [0, 0.05) is 16.0 Å². The first-order valence-electron chi connectivity index (χ1n) is 5.37. The van der Waals surface area contributed by atoms with Gasteiger partial charge in [-0.25, -0.2) is 0 Å². The fourth-order valence-corrected chi connectivity index (χ4v) is 2.00. The molecule has 0 radical (unpaired) electrons. The first-order valence-corrected chi connectivity index (χ1v) is 6.54. The predicted molar refractivity (Wildman–Crippen MR) is 77.6 cm³/mol. The fraction of sp³-hybridized carbons (Fsp3) is 0.0714. The lowest BCUT2D eigenvalue weighted by atomic mass is 10.1. The van der Waals surface area contributed by atoms with Crippen LogP contribution in [0.2, 0.25) is 5.02 Å². The van der Waals surface area contributed by atoms with E-state index >= 15 is 0 Å². The Kier molecular flexibility index (Phi) is 4.24. The first-order chi connectivity index (χ1) is 8.69. The molecule has 0 spiro atoms. The first kappa shape index (κ1) is 12.9. The summed E-state index contributed by atoms with van der Waals surface area (Å²) >= 11 is 9.31. The molecule has 0 unspecified atom stereocenters. The van der Waals surface area contributed by atoms with Crippen LogP contribution >= 0.6 is 27.5 Å². The molecule has 0 amide bonds. The van der Waals surface area contributed by atoms with E-state index < -0.39 is 0 Å². The third kappa shape index (κ3) is 3.25. The largest absolute Gasteiger partial charge is 0.380 e. The summed E-state index contributed by atoms with van der Waals surface area (Å²) in [5.74, 6) is 0. The van der Waals surface area contributed by atoms with Gasteiger partial charge in [-0.2, -0.15) is 5.26 Å². The highest BCUT2D eigenvalue weighted by Crippen LogP contribution is 2.21. The molecule has 2 aromatic carbocycles. The number of benzene rings is 2. The van der Waals surface area contributed by atoms with E-state index in [0.717, 1.165) is 15.7 Å². The molecule has 0 atom stereocenters. The van der Waals surface area contributed by atoms with Crippen LogP contribution in [0.3, 0.4) is 0 Å². The molecule has 0 bridgehead atoms. The molecule has 18 heavy (non-hydrogen) atoms. The van der Waals surface area contributed by atoms with Crippen molar-refractivity contribution < 1.29 is 0 Å². The maximum absolute atomic E-state index is 9.00. The lowest BCUT2D eigenvalue weighted by molar-refractivity contribution is 1.14. The fourth-order valence-electron chi connectivity index (χ4n) is 1.56. The van der Waals surface area contributed by atoms with E-state index in [2.05, 4.69) is 27.3 Å². The summed E-state index contributed by atoms with van der Waals surface area (Å²) in [6.45, 7) is 0.655. The maximum Gasteiger partial charge on any atom is 0.101 e. The molecule has 2 aromatic rings. The summed E-state index contributed by atoms with van der Waals surface area (Å²) in [5, 5.41) is 12.8. The second-order valence-electron chi connectivity index (χ2n) is 3.78. The van der Waals surface area contributed by atoms with Gasteiger partial charge in [0.05, 0.1) is 11.3 Å². The smallest absolute Gasteiger partial charge is 0.101 e. The Balaban J connectivity index is 2.13. The van der Waals surface area contributed by atoms with Gasteiger partial charge >= 0.3 is 0 Å². The minimum absolute atomic E-state index is 0.594. The number of hydrogen-bond donors (Lipinski definition) is 1. The van der Waals surface area contributed by atoms with Crippen LogP contribution < -0.4 is 5.32 Å². The highest BCUT2D eigenvalue weighted by molar-refractivity contribution is 9.10. The van der Waals surface area contributed by atoms with E-state index in [-0.39, 0.29) is 0 Å². The maximum atomic E-state index is 9.00. The molecule has 1 N–H and O–H groups in total. The number of anilines is 1. The van der Waals surface area contributed by atoms with Crippen LogP contribution in [0, 0.1) is 11.3 Å². The van der Waals surface area contributed by atoms with E-state index in [1.54, 1.807) is 18.2 Å². The topological polar surface area (TPSA) is 35.8 Å². The van der Waals surface area contributed by atoms with Gasteiger partial charge in [-0.05, 0) is 35.9 Å². The van der Waals surface area contributed by atoms with Gasteiger partial charge in [-0.1, -0.05) is 39.7 Å². The van der Waals surface area contributed by atoms with Crippen LogP contribution in [0.15, 0.2) is 46.9 Å². The van der Waals surface area contributed by atoms with Gasteiger partial charge in [0.25, 0.3) is 0 Å². The number of hydrogen-bond acceptors (Lipinski definition) is 2. The molecular weight excluding hydrogens is 312 g/mol. The molecule has 2 rings (SSSR count). The van der Waals surface area contributed by atoms with Gasteiger partial charge in [0.2, 0.25) is 0 Å². The van der Waals surface area contributed by atoms with Crippen LogP contribution in [-0.2, 0) is 6.54 Å². The Morgan fingerprint density at radius 2 is 1.89 bits per heavy atom. The summed E-state index contributed by atoms with van der Waals surface area (Å²) in [6.07, 6.45) is 0. The Morgan fingerprint density at radius 1 is 1.17 bits per heavy atom. The molecule has 0 aromatic heterocycles. The zero-order chi connectivity index (χ0) is 13.0. The molecule has 2 nitrogen and oxygen atoms in total. The molecular formula is C14H10BrClN2. The van der Waals surface area contributed by atoms with Gasteiger partial charge in [-0.3, -0.25) is 0 Å². The molecule has 4 heteroatoms. The average Bonchev–Trinajstić information content (AvgIpc) is 2.38. The lowest BCUT2D eigenvalue weighted by Gasteiger charge is -2.08. The van der Waals surface area contributed by atoms with Crippen molar-refractivity contribution in [2.75, 3.05) is 5.32 Å². The Morgan fingerprint density at radius 3 is 2.56 bits per heavy atom. The molecule has 0 saturated carbocycles. The molecule has 0 fully saturated rings. The number of nitriles is 1. The zero-order valence-corrected chi connectivity index (χ0v) is 11.8. The normalized spacial score (nSPS) is 9.83. The molecule has 0 saturated heterocycles. The standard InChI is InChI=1S/C14H10BrClN2/c15-12-4-1-10(2-5-12)9-18-14-7-13(16)6-3-11(14)8-17/h1-7,18H,9H2. The van der Waals surface area contributed by atoms with Crippen LogP contribution in [0.4, 0.5) is 5.69 Å². The minimum Gasteiger partial charge on any atom is -0.380 e. The van der Waals surface area contributed by atoms with E-state index in [1.807, 2.05) is 24.3 Å². The van der Waals surface area contributed by atoms with Crippen molar-refractivity contribution in [3.05, 3.63) is 63.1 Å². The van der Waals surface area contributed by atoms with Crippen molar-refractivity contribution in [3.8, 4) is 6.07 Å². The van der Waals surface area contributed by atoms with Crippen LogP contribution in [0.25, 0.3) is 0 Å². The monoisotopic (exact) mass is 320 g/mol. The molecule has 0 aliphatic heterocycles.